The number of carbonyl (C=O) groups is 2. The van der Waals surface area contributed by atoms with E-state index >= 15 is 0 Å². The van der Waals surface area contributed by atoms with Crippen LogP contribution in [0, 0.1) is 5.92 Å². The normalized spacial score (nSPS) is 23.7. The first-order valence-corrected chi connectivity index (χ1v) is 9.27. The van der Waals surface area contributed by atoms with Crippen LogP contribution in [-0.2, 0) is 16.1 Å². The Balaban J connectivity index is 1.33. The number of urea groups is 1. The Morgan fingerprint density at radius 1 is 1.00 bits per heavy atom. The number of carbonyl (C=O) groups excluding carboxylic acids is 2. The number of ether oxygens (including phenoxy) is 1. The van der Waals surface area contributed by atoms with Crippen molar-refractivity contribution < 1.29 is 14.3 Å². The number of hydrogen-bond acceptors (Lipinski definition) is 3. The Bertz CT molecular complexity index is 797. The zero-order valence-corrected chi connectivity index (χ0v) is 15.0. The fourth-order valence-electron chi connectivity index (χ4n) is 3.74. The highest BCUT2D eigenvalue weighted by Crippen LogP contribution is 2.32. The lowest BCUT2D eigenvalue weighted by Crippen LogP contribution is -2.50. The first-order chi connectivity index (χ1) is 13.2. The number of benzene rings is 2. The standard InChI is InChI=1S/C21H23N3O3/c25-20(23-16-9-5-2-6-10-16)18-11-17-13-24(14-19(18)27-17)21(26)22-12-15-7-3-1-4-8-15/h1-10,17-19H,11-14H2,(H,22,26)(H,23,25)/t17-,18+,19-/m0/s1. The SMILES string of the molecule is O=C(Nc1ccccc1)[C@@H]1C[C@H]2CN(C(=O)NCc3ccccc3)C[C@@H]1O2. The van der Waals surface area contributed by atoms with Gasteiger partial charge in [-0.15, -0.1) is 0 Å². The zero-order valence-electron chi connectivity index (χ0n) is 15.0. The van der Waals surface area contributed by atoms with Crippen molar-refractivity contribution in [2.24, 2.45) is 5.92 Å². The molecule has 6 nitrogen and oxygen atoms in total. The summed E-state index contributed by atoms with van der Waals surface area (Å²) in [7, 11) is 0. The molecular weight excluding hydrogens is 342 g/mol. The molecule has 2 fully saturated rings. The summed E-state index contributed by atoms with van der Waals surface area (Å²) in [5, 5.41) is 5.90. The second-order valence-electron chi connectivity index (χ2n) is 7.04. The molecular formula is C21H23N3O3. The third-order valence-electron chi connectivity index (χ3n) is 5.11. The minimum atomic E-state index is -0.255. The van der Waals surface area contributed by atoms with Crippen LogP contribution < -0.4 is 10.6 Å². The maximum atomic E-state index is 12.6. The topological polar surface area (TPSA) is 70.7 Å². The van der Waals surface area contributed by atoms with Gasteiger partial charge >= 0.3 is 6.03 Å². The highest BCUT2D eigenvalue weighted by Gasteiger charge is 2.45. The molecule has 2 aliphatic rings. The first-order valence-electron chi connectivity index (χ1n) is 9.27. The van der Waals surface area contributed by atoms with Crippen LogP contribution in [0.15, 0.2) is 60.7 Å². The van der Waals surface area contributed by atoms with E-state index in [1.54, 1.807) is 4.90 Å². The fourth-order valence-corrected chi connectivity index (χ4v) is 3.74. The largest absolute Gasteiger partial charge is 0.370 e. The third kappa shape index (κ3) is 4.11. The predicted molar refractivity (Wildman–Crippen MR) is 102 cm³/mol. The number of likely N-dealkylation sites (tertiary alicyclic amines) is 1. The highest BCUT2D eigenvalue weighted by atomic mass is 16.5. The lowest BCUT2D eigenvalue weighted by Gasteiger charge is -2.32. The zero-order chi connectivity index (χ0) is 18.6. The molecule has 140 valence electrons. The van der Waals surface area contributed by atoms with Gasteiger partial charge in [0, 0.05) is 25.3 Å². The maximum absolute atomic E-state index is 12.6. The minimum Gasteiger partial charge on any atom is -0.370 e. The highest BCUT2D eigenvalue weighted by molar-refractivity contribution is 5.93. The number of anilines is 1. The van der Waals surface area contributed by atoms with E-state index in [9.17, 15) is 9.59 Å². The fraction of sp³-hybridized carbons (Fsp3) is 0.333. The van der Waals surface area contributed by atoms with Crippen molar-refractivity contribution in [3.8, 4) is 0 Å². The quantitative estimate of drug-likeness (QED) is 0.875. The molecule has 2 aromatic rings. The molecule has 0 unspecified atom stereocenters. The van der Waals surface area contributed by atoms with E-state index in [1.165, 1.54) is 0 Å². The molecule has 3 atom stereocenters. The summed E-state index contributed by atoms with van der Waals surface area (Å²) >= 11 is 0. The molecule has 0 aliphatic carbocycles. The van der Waals surface area contributed by atoms with Crippen molar-refractivity contribution in [3.63, 3.8) is 0 Å². The molecule has 2 bridgehead atoms. The number of hydrogen-bond donors (Lipinski definition) is 2. The summed E-state index contributed by atoms with van der Waals surface area (Å²) in [5.41, 5.74) is 1.84. The van der Waals surface area contributed by atoms with Gasteiger partial charge in [-0.3, -0.25) is 4.79 Å². The van der Waals surface area contributed by atoms with E-state index in [2.05, 4.69) is 10.6 Å². The van der Waals surface area contributed by atoms with E-state index in [1.807, 2.05) is 60.7 Å². The summed E-state index contributed by atoms with van der Waals surface area (Å²) in [6.07, 6.45) is 0.305. The van der Waals surface area contributed by atoms with Crippen LogP contribution in [0.25, 0.3) is 0 Å². The molecule has 2 heterocycles. The third-order valence-corrected chi connectivity index (χ3v) is 5.11. The van der Waals surface area contributed by atoms with Crippen molar-refractivity contribution in [1.29, 1.82) is 0 Å². The molecule has 0 saturated carbocycles. The van der Waals surface area contributed by atoms with E-state index in [0.29, 0.717) is 26.1 Å². The van der Waals surface area contributed by atoms with E-state index in [0.717, 1.165) is 11.3 Å². The molecule has 6 heteroatoms. The van der Waals surface area contributed by atoms with Gasteiger partial charge in [0.2, 0.25) is 5.91 Å². The molecule has 4 rings (SSSR count). The van der Waals surface area contributed by atoms with Crippen molar-refractivity contribution in [2.75, 3.05) is 18.4 Å². The van der Waals surface area contributed by atoms with Crippen molar-refractivity contribution in [2.45, 2.75) is 25.2 Å². The molecule has 2 N–H and O–H groups in total. The van der Waals surface area contributed by atoms with Crippen molar-refractivity contribution in [3.05, 3.63) is 66.2 Å². The molecule has 2 aromatic carbocycles. The molecule has 0 aromatic heterocycles. The van der Waals surface area contributed by atoms with Crippen LogP contribution in [0.3, 0.4) is 0 Å². The Morgan fingerprint density at radius 2 is 1.70 bits per heavy atom. The van der Waals surface area contributed by atoms with Gasteiger partial charge in [-0.2, -0.15) is 0 Å². The van der Waals surface area contributed by atoms with Gasteiger partial charge in [0.1, 0.15) is 0 Å². The molecule has 0 radical (unpaired) electrons. The summed E-state index contributed by atoms with van der Waals surface area (Å²) in [4.78, 5) is 26.9. The van der Waals surface area contributed by atoms with Gasteiger partial charge < -0.3 is 20.3 Å². The average molecular weight is 365 g/mol. The van der Waals surface area contributed by atoms with Gasteiger partial charge in [-0.25, -0.2) is 4.79 Å². The molecule has 0 spiro atoms. The number of rotatable bonds is 4. The number of para-hydroxylation sites is 1. The van der Waals surface area contributed by atoms with Crippen LogP contribution in [0.2, 0.25) is 0 Å². The lowest BCUT2D eigenvalue weighted by molar-refractivity contribution is -0.122. The molecule has 2 aliphatic heterocycles. The average Bonchev–Trinajstić information content (AvgIpc) is 3.01. The minimum absolute atomic E-state index is 0.0414. The maximum Gasteiger partial charge on any atom is 0.317 e. The first kappa shape index (κ1) is 17.5. The Labute approximate surface area is 158 Å². The van der Waals surface area contributed by atoms with Crippen LogP contribution >= 0.6 is 0 Å². The molecule has 27 heavy (non-hydrogen) atoms. The smallest absolute Gasteiger partial charge is 0.317 e. The van der Waals surface area contributed by atoms with Gasteiger partial charge in [0.25, 0.3) is 0 Å². The second-order valence-corrected chi connectivity index (χ2v) is 7.04. The number of nitrogens with one attached hydrogen (secondary N) is 2. The van der Waals surface area contributed by atoms with Gasteiger partial charge in [0.05, 0.1) is 18.1 Å². The van der Waals surface area contributed by atoms with Crippen LogP contribution in [-0.4, -0.2) is 42.1 Å². The van der Waals surface area contributed by atoms with E-state index < -0.39 is 0 Å². The Hall–Kier alpha value is -2.86. The van der Waals surface area contributed by atoms with E-state index in [4.69, 9.17) is 4.74 Å². The number of nitrogens with zero attached hydrogens (tertiary/aromatic N) is 1. The van der Waals surface area contributed by atoms with Gasteiger partial charge in [-0.1, -0.05) is 48.5 Å². The number of morpholine rings is 1. The van der Waals surface area contributed by atoms with E-state index in [-0.39, 0.29) is 30.1 Å². The summed E-state index contributed by atoms with van der Waals surface area (Å²) < 4.78 is 5.93. The summed E-state index contributed by atoms with van der Waals surface area (Å²) in [6, 6.07) is 19.1. The van der Waals surface area contributed by atoms with Crippen LogP contribution in [0.4, 0.5) is 10.5 Å². The predicted octanol–water partition coefficient (Wildman–Crippen LogP) is 2.62. The molecule has 3 amide bonds. The number of fused-ring (bicyclic) bond motifs is 2. The van der Waals surface area contributed by atoms with Crippen LogP contribution in [0.1, 0.15) is 12.0 Å². The monoisotopic (exact) mass is 365 g/mol. The summed E-state index contributed by atoms with van der Waals surface area (Å²) in [6.45, 7) is 1.44. The lowest BCUT2D eigenvalue weighted by atomic mass is 9.99. The second kappa shape index (κ2) is 7.80. The van der Waals surface area contributed by atoms with Crippen molar-refractivity contribution >= 4 is 17.6 Å². The number of amides is 3. The van der Waals surface area contributed by atoms with Gasteiger partial charge in [-0.05, 0) is 24.1 Å². The van der Waals surface area contributed by atoms with Gasteiger partial charge in [0.15, 0.2) is 0 Å². The van der Waals surface area contributed by atoms with Crippen molar-refractivity contribution in [1.82, 2.24) is 10.2 Å². The molecule has 2 saturated heterocycles. The summed E-state index contributed by atoms with van der Waals surface area (Å²) in [5.74, 6) is -0.276. The Kier molecular flexibility index (Phi) is 5.07. The Morgan fingerprint density at radius 3 is 2.44 bits per heavy atom. The van der Waals surface area contributed by atoms with Crippen LogP contribution in [0.5, 0.6) is 0 Å².